The lowest BCUT2D eigenvalue weighted by molar-refractivity contribution is 0.211. The molecule has 0 spiro atoms. The van der Waals surface area contributed by atoms with Crippen LogP contribution in [0.3, 0.4) is 0 Å². The summed E-state index contributed by atoms with van der Waals surface area (Å²) in [5, 5.41) is 14.5. The highest BCUT2D eigenvalue weighted by Crippen LogP contribution is 2.19. The third-order valence-corrected chi connectivity index (χ3v) is 4.79. The van der Waals surface area contributed by atoms with Gasteiger partial charge in [0.2, 0.25) is 0 Å². The zero-order valence-corrected chi connectivity index (χ0v) is 15.7. The maximum Gasteiger partial charge on any atom is 0.342 e. The standard InChI is InChI=1S/C18H26N6O2/c1-11-9-13(3)23(21-11)17(25)19-15-7-5-6-8-16(15)20-18(26)24-14(4)10-12(2)22-24/h9-10,15-16H,5-8H2,1-4H3,(H,19,25)(H,20,26). The maximum atomic E-state index is 12.6. The van der Waals surface area contributed by atoms with Crippen molar-refractivity contribution >= 4 is 12.1 Å². The highest BCUT2D eigenvalue weighted by molar-refractivity contribution is 5.78. The van der Waals surface area contributed by atoms with Gasteiger partial charge in [-0.2, -0.15) is 19.6 Å². The topological polar surface area (TPSA) is 93.8 Å². The molecular weight excluding hydrogens is 332 g/mol. The molecule has 0 radical (unpaired) electrons. The Labute approximate surface area is 152 Å². The Bertz CT molecular complexity index is 754. The van der Waals surface area contributed by atoms with Crippen molar-refractivity contribution in [2.75, 3.05) is 0 Å². The third-order valence-electron chi connectivity index (χ3n) is 4.79. The van der Waals surface area contributed by atoms with E-state index in [4.69, 9.17) is 0 Å². The number of carbonyl (C=O) groups excluding carboxylic acids is 2. The zero-order valence-electron chi connectivity index (χ0n) is 15.7. The predicted octanol–water partition coefficient (Wildman–Crippen LogP) is 2.44. The second-order valence-electron chi connectivity index (χ2n) is 7.07. The van der Waals surface area contributed by atoms with E-state index in [-0.39, 0.29) is 24.1 Å². The lowest BCUT2D eigenvalue weighted by Crippen LogP contribution is -2.55. The average molecular weight is 358 g/mol. The van der Waals surface area contributed by atoms with E-state index in [1.165, 1.54) is 9.36 Å². The van der Waals surface area contributed by atoms with Crippen LogP contribution < -0.4 is 10.6 Å². The molecule has 1 aliphatic carbocycles. The fraction of sp³-hybridized carbons (Fsp3) is 0.556. The predicted molar refractivity (Wildman–Crippen MR) is 97.3 cm³/mol. The second-order valence-corrected chi connectivity index (χ2v) is 7.07. The minimum absolute atomic E-state index is 0.124. The van der Waals surface area contributed by atoms with Crippen LogP contribution in [-0.2, 0) is 0 Å². The molecule has 0 aromatic carbocycles. The first-order valence-electron chi connectivity index (χ1n) is 9.03. The van der Waals surface area contributed by atoms with E-state index in [9.17, 15) is 9.59 Å². The minimum Gasteiger partial charge on any atom is -0.331 e. The van der Waals surface area contributed by atoms with Gasteiger partial charge in [0.25, 0.3) is 0 Å². The number of amides is 2. The van der Waals surface area contributed by atoms with Gasteiger partial charge in [-0.15, -0.1) is 0 Å². The summed E-state index contributed by atoms with van der Waals surface area (Å²) in [5.41, 5.74) is 3.18. The molecule has 0 aliphatic heterocycles. The van der Waals surface area contributed by atoms with Gasteiger partial charge in [-0.05, 0) is 52.7 Å². The molecule has 1 fully saturated rings. The summed E-state index contributed by atoms with van der Waals surface area (Å²) < 4.78 is 2.76. The minimum atomic E-state index is -0.257. The number of carbonyl (C=O) groups is 2. The molecule has 2 atom stereocenters. The molecule has 0 bridgehead atoms. The van der Waals surface area contributed by atoms with Crippen LogP contribution in [0.2, 0.25) is 0 Å². The van der Waals surface area contributed by atoms with Crippen LogP contribution in [0.1, 0.15) is 48.5 Å². The first kappa shape index (κ1) is 18.2. The van der Waals surface area contributed by atoms with Crippen molar-refractivity contribution in [3.63, 3.8) is 0 Å². The summed E-state index contributed by atoms with van der Waals surface area (Å²) in [7, 11) is 0. The number of aromatic nitrogens is 4. The van der Waals surface area contributed by atoms with Crippen molar-refractivity contribution in [2.24, 2.45) is 0 Å². The fourth-order valence-corrected chi connectivity index (χ4v) is 3.58. The second kappa shape index (κ2) is 7.31. The number of rotatable bonds is 2. The first-order valence-corrected chi connectivity index (χ1v) is 9.03. The molecule has 2 amide bonds. The van der Waals surface area contributed by atoms with Crippen molar-refractivity contribution in [2.45, 2.75) is 65.5 Å². The Morgan fingerprint density at radius 1 is 0.846 bits per heavy atom. The van der Waals surface area contributed by atoms with E-state index in [0.29, 0.717) is 0 Å². The molecule has 8 nitrogen and oxygen atoms in total. The van der Waals surface area contributed by atoms with E-state index >= 15 is 0 Å². The first-order chi connectivity index (χ1) is 12.3. The van der Waals surface area contributed by atoms with Crippen molar-refractivity contribution in [1.82, 2.24) is 30.2 Å². The fourth-order valence-electron chi connectivity index (χ4n) is 3.58. The molecule has 2 unspecified atom stereocenters. The molecule has 2 aromatic rings. The largest absolute Gasteiger partial charge is 0.342 e. The van der Waals surface area contributed by atoms with E-state index in [2.05, 4.69) is 20.8 Å². The summed E-state index contributed by atoms with van der Waals surface area (Å²) in [4.78, 5) is 25.1. The normalized spacial score (nSPS) is 20.0. The quantitative estimate of drug-likeness (QED) is 0.862. The third kappa shape index (κ3) is 3.79. The summed E-state index contributed by atoms with van der Waals surface area (Å²) >= 11 is 0. The summed E-state index contributed by atoms with van der Waals surface area (Å²) in [6, 6.07) is 2.97. The molecule has 2 aromatic heterocycles. The Hall–Kier alpha value is -2.64. The Morgan fingerprint density at radius 3 is 1.54 bits per heavy atom. The van der Waals surface area contributed by atoms with Crippen LogP contribution in [-0.4, -0.2) is 43.7 Å². The molecule has 1 aliphatic rings. The van der Waals surface area contributed by atoms with Gasteiger partial charge < -0.3 is 10.6 Å². The lowest BCUT2D eigenvalue weighted by atomic mass is 9.90. The van der Waals surface area contributed by atoms with Crippen molar-refractivity contribution < 1.29 is 9.59 Å². The van der Waals surface area contributed by atoms with Crippen LogP contribution in [0, 0.1) is 27.7 Å². The number of nitrogens with one attached hydrogen (secondary N) is 2. The number of hydrogen-bond acceptors (Lipinski definition) is 4. The highest BCUT2D eigenvalue weighted by atomic mass is 16.2. The van der Waals surface area contributed by atoms with Crippen LogP contribution >= 0.6 is 0 Å². The van der Waals surface area contributed by atoms with Gasteiger partial charge >= 0.3 is 12.1 Å². The smallest absolute Gasteiger partial charge is 0.331 e. The average Bonchev–Trinajstić information content (AvgIpc) is 3.10. The van der Waals surface area contributed by atoms with E-state index in [1.54, 1.807) is 0 Å². The summed E-state index contributed by atoms with van der Waals surface area (Å²) in [6.45, 7) is 7.41. The van der Waals surface area contributed by atoms with Gasteiger partial charge in [0.1, 0.15) is 0 Å². The van der Waals surface area contributed by atoms with Gasteiger partial charge in [0.15, 0.2) is 0 Å². The van der Waals surface area contributed by atoms with Crippen molar-refractivity contribution in [3.05, 3.63) is 34.9 Å². The number of hydrogen-bond donors (Lipinski definition) is 2. The van der Waals surface area contributed by atoms with E-state index < -0.39 is 0 Å². The Balaban J connectivity index is 1.69. The molecule has 26 heavy (non-hydrogen) atoms. The van der Waals surface area contributed by atoms with Gasteiger partial charge in [0, 0.05) is 11.4 Å². The lowest BCUT2D eigenvalue weighted by Gasteiger charge is -2.32. The van der Waals surface area contributed by atoms with Gasteiger partial charge in [-0.1, -0.05) is 12.8 Å². The monoisotopic (exact) mass is 358 g/mol. The molecular formula is C18H26N6O2. The van der Waals surface area contributed by atoms with Gasteiger partial charge in [0.05, 0.1) is 23.5 Å². The summed E-state index contributed by atoms with van der Waals surface area (Å²) in [6.07, 6.45) is 3.70. The van der Waals surface area contributed by atoms with Crippen LogP contribution in [0.4, 0.5) is 9.59 Å². The van der Waals surface area contributed by atoms with Crippen molar-refractivity contribution in [3.8, 4) is 0 Å². The van der Waals surface area contributed by atoms with E-state index in [1.807, 2.05) is 39.8 Å². The molecule has 2 N–H and O–H groups in total. The zero-order chi connectivity index (χ0) is 18.8. The van der Waals surface area contributed by atoms with E-state index in [0.717, 1.165) is 48.5 Å². The van der Waals surface area contributed by atoms with Gasteiger partial charge in [-0.3, -0.25) is 0 Å². The Morgan fingerprint density at radius 2 is 1.23 bits per heavy atom. The molecule has 1 saturated carbocycles. The van der Waals surface area contributed by atoms with Crippen LogP contribution in [0.15, 0.2) is 12.1 Å². The number of nitrogens with zero attached hydrogens (tertiary/aromatic N) is 4. The molecule has 3 rings (SSSR count). The van der Waals surface area contributed by atoms with Gasteiger partial charge in [-0.25, -0.2) is 9.59 Å². The van der Waals surface area contributed by atoms with Crippen LogP contribution in [0.5, 0.6) is 0 Å². The Kier molecular flexibility index (Phi) is 5.11. The highest BCUT2D eigenvalue weighted by Gasteiger charge is 2.29. The molecule has 8 heteroatoms. The molecule has 0 saturated heterocycles. The molecule has 2 heterocycles. The number of aryl methyl sites for hydroxylation is 4. The SMILES string of the molecule is Cc1cc(C)n(C(=O)NC2CCCCC2NC(=O)n2nc(C)cc2C)n1. The summed E-state index contributed by atoms with van der Waals surface area (Å²) in [5.74, 6) is 0. The maximum absolute atomic E-state index is 12.6. The van der Waals surface area contributed by atoms with Crippen molar-refractivity contribution in [1.29, 1.82) is 0 Å². The molecule has 140 valence electrons. The van der Waals surface area contributed by atoms with Crippen LogP contribution in [0.25, 0.3) is 0 Å².